The maximum atomic E-state index is 13.5. The number of halogens is 1. The maximum absolute atomic E-state index is 13.5. The highest BCUT2D eigenvalue weighted by Gasteiger charge is 2.46. The van der Waals surface area contributed by atoms with Crippen LogP contribution in [0.3, 0.4) is 0 Å². The Morgan fingerprint density at radius 1 is 1.14 bits per heavy atom. The van der Waals surface area contributed by atoms with Crippen molar-refractivity contribution < 1.29 is 4.39 Å². The van der Waals surface area contributed by atoms with Gasteiger partial charge in [-0.2, -0.15) is 0 Å². The number of aromatic nitrogens is 1. The number of allylic oxidation sites excluding steroid dienone is 2. The van der Waals surface area contributed by atoms with E-state index in [9.17, 15) is 4.39 Å². The summed E-state index contributed by atoms with van der Waals surface area (Å²) < 4.78 is 15.9. The average molecular weight is 511 g/mol. The summed E-state index contributed by atoms with van der Waals surface area (Å²) in [5.41, 5.74) is 14.1. The molecule has 2 aliphatic rings. The molecule has 1 atom stereocenters. The Morgan fingerprint density at radius 3 is 2.65 bits per heavy atom. The molecule has 2 heterocycles. The van der Waals surface area contributed by atoms with Crippen LogP contribution in [-0.2, 0) is 0 Å². The third-order valence-corrected chi connectivity index (χ3v) is 8.40. The Labute approximate surface area is 222 Å². The van der Waals surface area contributed by atoms with E-state index in [-0.39, 0.29) is 11.2 Å². The second kappa shape index (κ2) is 10.5. The molecule has 0 amide bonds. The number of hydrogen-bond acceptors (Lipinski definition) is 5. The van der Waals surface area contributed by atoms with Crippen LogP contribution in [0.5, 0.6) is 0 Å². The Hall–Kier alpha value is -3.48. The van der Waals surface area contributed by atoms with E-state index < -0.39 is 0 Å². The molecular weight excluding hydrogens is 479 g/mol. The van der Waals surface area contributed by atoms with Gasteiger partial charge in [0.2, 0.25) is 0 Å². The monoisotopic (exact) mass is 510 g/mol. The first-order chi connectivity index (χ1) is 17.9. The highest BCUT2D eigenvalue weighted by atomic mass is 32.2. The lowest BCUT2D eigenvalue weighted by Gasteiger charge is -2.48. The molecule has 1 fully saturated rings. The van der Waals surface area contributed by atoms with Gasteiger partial charge in [0.05, 0.1) is 17.1 Å². The molecule has 37 heavy (non-hydrogen) atoms. The van der Waals surface area contributed by atoms with Crippen molar-refractivity contribution in [2.45, 2.75) is 31.6 Å². The van der Waals surface area contributed by atoms with Crippen LogP contribution >= 0.6 is 11.9 Å². The van der Waals surface area contributed by atoms with Crippen molar-refractivity contribution in [2.24, 2.45) is 16.1 Å². The molecule has 1 saturated heterocycles. The van der Waals surface area contributed by atoms with Crippen LogP contribution in [0.1, 0.15) is 29.7 Å². The summed E-state index contributed by atoms with van der Waals surface area (Å²) in [5.74, 6) is -0.278. The van der Waals surface area contributed by atoms with Gasteiger partial charge in [-0.05, 0) is 122 Å². The molecule has 1 aliphatic carbocycles. The molecule has 6 heteroatoms. The number of hydrogen-bond donors (Lipinski definition) is 1. The summed E-state index contributed by atoms with van der Waals surface area (Å²) in [6.45, 7) is 10.6. The number of benzene rings is 2. The first-order valence-electron chi connectivity index (χ1n) is 12.5. The van der Waals surface area contributed by atoms with Crippen molar-refractivity contribution in [2.75, 3.05) is 13.1 Å². The van der Waals surface area contributed by atoms with Crippen LogP contribution < -0.4 is 5.73 Å². The predicted molar refractivity (Wildman–Crippen MR) is 152 cm³/mol. The molecule has 1 unspecified atom stereocenters. The van der Waals surface area contributed by atoms with Crippen LogP contribution in [0.2, 0.25) is 0 Å². The van der Waals surface area contributed by atoms with E-state index in [0.29, 0.717) is 12.1 Å². The van der Waals surface area contributed by atoms with Crippen molar-refractivity contribution in [1.29, 1.82) is 0 Å². The molecular formula is C31H31FN4S. The van der Waals surface area contributed by atoms with Gasteiger partial charge in [0, 0.05) is 29.6 Å². The van der Waals surface area contributed by atoms with Gasteiger partial charge in [-0.15, -0.1) is 0 Å². The number of fused-ring (bicyclic) bond motifs is 1. The molecule has 1 aliphatic heterocycles. The SMILES string of the molecule is C=C(c1ccccn1)C12CC(=CN)C(=Nc3ccc(F)cc3)C=C1CCN(Sc1ccc(C)c(C)c1)C2. The Bertz CT molecular complexity index is 1410. The lowest BCUT2D eigenvalue weighted by Crippen LogP contribution is -2.45. The molecule has 3 aromatic rings. The average Bonchev–Trinajstić information content (AvgIpc) is 2.92. The van der Waals surface area contributed by atoms with Crippen LogP contribution in [0.15, 0.2) is 107 Å². The van der Waals surface area contributed by atoms with E-state index in [1.54, 1.807) is 30.3 Å². The largest absolute Gasteiger partial charge is 0.404 e. The topological polar surface area (TPSA) is 54.5 Å². The van der Waals surface area contributed by atoms with Gasteiger partial charge >= 0.3 is 0 Å². The smallest absolute Gasteiger partial charge is 0.123 e. The lowest BCUT2D eigenvalue weighted by molar-refractivity contribution is 0.288. The van der Waals surface area contributed by atoms with Crippen LogP contribution in [0, 0.1) is 25.1 Å². The number of piperidine rings is 1. The van der Waals surface area contributed by atoms with Gasteiger partial charge in [0.15, 0.2) is 0 Å². The third-order valence-electron chi connectivity index (χ3n) is 7.37. The van der Waals surface area contributed by atoms with Crippen molar-refractivity contribution in [1.82, 2.24) is 9.29 Å². The lowest BCUT2D eigenvalue weighted by atomic mass is 9.63. The Morgan fingerprint density at radius 2 is 1.95 bits per heavy atom. The van der Waals surface area contributed by atoms with Crippen LogP contribution in [-0.4, -0.2) is 28.1 Å². The van der Waals surface area contributed by atoms with Gasteiger partial charge in [-0.25, -0.2) is 13.7 Å². The number of nitrogens with two attached hydrogens (primary N) is 1. The minimum absolute atomic E-state index is 0.278. The number of nitrogens with zero attached hydrogens (tertiary/aromatic N) is 3. The van der Waals surface area contributed by atoms with Crippen LogP contribution in [0.4, 0.5) is 10.1 Å². The summed E-state index contributed by atoms with van der Waals surface area (Å²) in [5, 5.41) is 0. The van der Waals surface area contributed by atoms with Gasteiger partial charge in [-0.3, -0.25) is 4.98 Å². The number of aliphatic imine (C=N–C) groups is 1. The molecule has 1 aromatic heterocycles. The number of aryl methyl sites for hydroxylation is 2. The molecule has 188 valence electrons. The van der Waals surface area contributed by atoms with Gasteiger partial charge in [0.25, 0.3) is 0 Å². The molecule has 0 spiro atoms. The van der Waals surface area contributed by atoms with Gasteiger partial charge in [-0.1, -0.05) is 24.3 Å². The standard InChI is InChI=1S/C31H31FN4S/c1-21-7-12-28(16-22(21)2)37-36-15-13-25-17-30(35-27-10-8-26(32)9-11-27)24(19-33)18-31(25,20-36)23(3)29-6-4-5-14-34-29/h4-12,14,16-17,19H,3,13,15,18,20,33H2,1-2H3. The van der Waals surface area contributed by atoms with E-state index in [4.69, 9.17) is 10.7 Å². The summed E-state index contributed by atoms with van der Waals surface area (Å²) in [6, 6.07) is 18.8. The minimum Gasteiger partial charge on any atom is -0.404 e. The normalized spacial score (nSPS) is 22.1. The zero-order valence-corrected chi connectivity index (χ0v) is 22.1. The third kappa shape index (κ3) is 5.17. The summed E-state index contributed by atoms with van der Waals surface area (Å²) in [6.07, 6.45) is 7.18. The van der Waals surface area contributed by atoms with E-state index in [1.165, 1.54) is 33.7 Å². The minimum atomic E-state index is -0.355. The molecule has 2 N–H and O–H groups in total. The maximum Gasteiger partial charge on any atom is 0.123 e. The van der Waals surface area contributed by atoms with Crippen molar-refractivity contribution in [3.63, 3.8) is 0 Å². The molecule has 0 radical (unpaired) electrons. The Balaban J connectivity index is 1.54. The summed E-state index contributed by atoms with van der Waals surface area (Å²) in [4.78, 5) is 10.7. The zero-order chi connectivity index (χ0) is 26.0. The molecule has 4 nitrogen and oxygen atoms in total. The number of pyridine rings is 1. The first kappa shape index (κ1) is 25.2. The molecule has 2 aromatic carbocycles. The fourth-order valence-electron chi connectivity index (χ4n) is 5.10. The van der Waals surface area contributed by atoms with E-state index in [2.05, 4.69) is 54.0 Å². The first-order valence-corrected chi connectivity index (χ1v) is 13.2. The quantitative estimate of drug-likeness (QED) is 0.369. The van der Waals surface area contributed by atoms with Crippen molar-refractivity contribution in [3.8, 4) is 0 Å². The van der Waals surface area contributed by atoms with Gasteiger partial charge < -0.3 is 5.73 Å². The number of rotatable bonds is 5. The van der Waals surface area contributed by atoms with Crippen LogP contribution in [0.25, 0.3) is 5.57 Å². The van der Waals surface area contributed by atoms with Crippen molar-refractivity contribution in [3.05, 3.63) is 119 Å². The molecule has 5 rings (SSSR count). The second-order valence-electron chi connectivity index (χ2n) is 9.74. The highest BCUT2D eigenvalue weighted by molar-refractivity contribution is 7.97. The predicted octanol–water partition coefficient (Wildman–Crippen LogP) is 7.20. The molecule has 0 saturated carbocycles. The zero-order valence-electron chi connectivity index (χ0n) is 21.2. The van der Waals surface area contributed by atoms with E-state index in [1.807, 2.05) is 24.4 Å². The fraction of sp³-hybridized carbons (Fsp3) is 0.226. The molecule has 0 bridgehead atoms. The summed E-state index contributed by atoms with van der Waals surface area (Å²) >= 11 is 1.80. The van der Waals surface area contributed by atoms with Crippen molar-refractivity contribution >= 4 is 28.9 Å². The second-order valence-corrected chi connectivity index (χ2v) is 10.9. The van der Waals surface area contributed by atoms with Gasteiger partial charge in [0.1, 0.15) is 5.82 Å². The fourth-order valence-corrected chi connectivity index (χ4v) is 6.23. The highest BCUT2D eigenvalue weighted by Crippen LogP contribution is 2.53. The Kier molecular flexibility index (Phi) is 7.13. The van der Waals surface area contributed by atoms with E-state index in [0.717, 1.165) is 42.1 Å². The van der Waals surface area contributed by atoms with E-state index >= 15 is 0 Å². The summed E-state index contributed by atoms with van der Waals surface area (Å²) in [7, 11) is 0.